The summed E-state index contributed by atoms with van der Waals surface area (Å²) in [4.78, 5) is 12.8. The molecule has 1 fully saturated rings. The van der Waals surface area contributed by atoms with Gasteiger partial charge in [-0.15, -0.1) is 10.2 Å². The van der Waals surface area contributed by atoms with E-state index in [9.17, 15) is 13.2 Å². The number of carbonyl (C=O) groups is 1. The molecule has 1 N–H and O–H groups in total. The van der Waals surface area contributed by atoms with Crippen LogP contribution in [0.25, 0.3) is 0 Å². The van der Waals surface area contributed by atoms with Crippen molar-refractivity contribution in [3.8, 4) is 6.07 Å². The first-order chi connectivity index (χ1) is 16.0. The van der Waals surface area contributed by atoms with Crippen LogP contribution in [0.5, 0.6) is 0 Å². The molecule has 170 valence electrons. The second-order valence-electron chi connectivity index (χ2n) is 7.42. The molecular weight excluding hydrogens is 478 g/mol. The second-order valence-corrected chi connectivity index (χ2v) is 11.6. The summed E-state index contributed by atoms with van der Waals surface area (Å²) in [6.07, 6.45) is 2.73. The highest BCUT2D eigenvalue weighted by atomic mass is 32.2. The van der Waals surface area contributed by atoms with Crippen LogP contribution in [0.1, 0.15) is 40.7 Å². The Morgan fingerprint density at radius 2 is 1.88 bits per heavy atom. The molecule has 8 nitrogen and oxygen atoms in total. The molecule has 33 heavy (non-hydrogen) atoms. The van der Waals surface area contributed by atoms with Gasteiger partial charge >= 0.3 is 0 Å². The van der Waals surface area contributed by atoms with Gasteiger partial charge in [0, 0.05) is 24.4 Å². The molecule has 0 radical (unpaired) electrons. The number of hydrogen-bond acceptors (Lipinski definition) is 8. The molecule has 0 unspecified atom stereocenters. The van der Waals surface area contributed by atoms with E-state index in [4.69, 9.17) is 5.26 Å². The number of amides is 1. The molecule has 0 spiro atoms. The van der Waals surface area contributed by atoms with Crippen molar-refractivity contribution in [2.24, 2.45) is 0 Å². The van der Waals surface area contributed by atoms with Gasteiger partial charge in [-0.1, -0.05) is 47.7 Å². The third-order valence-corrected chi connectivity index (χ3v) is 9.06. The third kappa shape index (κ3) is 5.78. The van der Waals surface area contributed by atoms with Crippen molar-refractivity contribution in [3.05, 3.63) is 65.2 Å². The van der Waals surface area contributed by atoms with Crippen molar-refractivity contribution in [2.45, 2.75) is 34.3 Å². The topological polar surface area (TPSA) is 116 Å². The van der Waals surface area contributed by atoms with Crippen molar-refractivity contribution in [3.63, 3.8) is 0 Å². The Morgan fingerprint density at radius 1 is 1.12 bits per heavy atom. The molecule has 0 aliphatic carbocycles. The molecular formula is C22H21N5O3S3. The van der Waals surface area contributed by atoms with E-state index in [0.29, 0.717) is 33.9 Å². The standard InChI is InChI=1S/C22H21N5O3S3/c23-14-16-7-9-17(10-8-16)15-31-22-26-25-21(32-22)24-20(28)18-5-4-6-19(13-18)33(29,30)27-11-2-1-3-12-27/h4-10,13H,1-3,11-12,15H2,(H,24,25,28). The number of nitrogens with one attached hydrogen (secondary N) is 1. The average Bonchev–Trinajstić information content (AvgIpc) is 3.31. The number of hydrogen-bond donors (Lipinski definition) is 1. The maximum Gasteiger partial charge on any atom is 0.257 e. The Hall–Kier alpha value is -2.78. The van der Waals surface area contributed by atoms with E-state index in [2.05, 4.69) is 21.6 Å². The highest BCUT2D eigenvalue weighted by molar-refractivity contribution is 8.00. The van der Waals surface area contributed by atoms with E-state index in [0.717, 1.165) is 24.8 Å². The van der Waals surface area contributed by atoms with Gasteiger partial charge in [0.05, 0.1) is 16.5 Å². The summed E-state index contributed by atoms with van der Waals surface area (Å²) in [5.74, 6) is 0.218. The van der Waals surface area contributed by atoms with E-state index in [1.54, 1.807) is 24.3 Å². The van der Waals surface area contributed by atoms with Gasteiger partial charge in [-0.3, -0.25) is 10.1 Å². The molecule has 1 saturated heterocycles. The molecule has 1 aromatic heterocycles. The van der Waals surface area contributed by atoms with Crippen LogP contribution in [0.2, 0.25) is 0 Å². The smallest absolute Gasteiger partial charge is 0.257 e. The van der Waals surface area contributed by atoms with Crippen molar-refractivity contribution in [1.82, 2.24) is 14.5 Å². The monoisotopic (exact) mass is 499 g/mol. The molecule has 3 aromatic rings. The molecule has 1 aliphatic heterocycles. The summed E-state index contributed by atoms with van der Waals surface area (Å²) in [6, 6.07) is 15.5. The Labute approximate surface area is 200 Å². The zero-order valence-electron chi connectivity index (χ0n) is 17.6. The predicted octanol–water partition coefficient (Wildman–Crippen LogP) is 4.13. The molecule has 0 atom stereocenters. The quantitative estimate of drug-likeness (QED) is 0.384. The van der Waals surface area contributed by atoms with Crippen LogP contribution < -0.4 is 5.32 Å². The number of nitrogens with zero attached hydrogens (tertiary/aromatic N) is 4. The number of nitriles is 1. The van der Waals surface area contributed by atoms with E-state index >= 15 is 0 Å². The number of anilines is 1. The van der Waals surface area contributed by atoms with Gasteiger partial charge in [0.2, 0.25) is 15.2 Å². The summed E-state index contributed by atoms with van der Waals surface area (Å²) in [6.45, 7) is 1.01. The maximum atomic E-state index is 12.9. The molecule has 2 heterocycles. The van der Waals surface area contributed by atoms with Crippen molar-refractivity contribution >= 4 is 44.2 Å². The van der Waals surface area contributed by atoms with Crippen LogP contribution in [0.4, 0.5) is 5.13 Å². The van der Waals surface area contributed by atoms with Gasteiger partial charge in [0.25, 0.3) is 5.91 Å². The molecule has 4 rings (SSSR count). The molecule has 1 aliphatic rings. The van der Waals surface area contributed by atoms with Crippen molar-refractivity contribution < 1.29 is 13.2 Å². The Kier molecular flexibility index (Phi) is 7.39. The van der Waals surface area contributed by atoms with Gasteiger partial charge in [-0.2, -0.15) is 9.57 Å². The van der Waals surface area contributed by atoms with Crippen LogP contribution in [-0.4, -0.2) is 41.9 Å². The average molecular weight is 500 g/mol. The summed E-state index contributed by atoms with van der Waals surface area (Å²) in [7, 11) is -3.62. The van der Waals surface area contributed by atoms with Crippen molar-refractivity contribution in [2.75, 3.05) is 18.4 Å². The lowest BCUT2D eigenvalue weighted by Gasteiger charge is -2.26. The fraction of sp³-hybridized carbons (Fsp3) is 0.273. The minimum Gasteiger partial charge on any atom is -0.296 e. The number of benzene rings is 2. The number of thioether (sulfide) groups is 1. The Balaban J connectivity index is 1.39. The van der Waals surface area contributed by atoms with Crippen LogP contribution >= 0.6 is 23.1 Å². The lowest BCUT2D eigenvalue weighted by molar-refractivity contribution is 0.102. The van der Waals surface area contributed by atoms with Crippen molar-refractivity contribution in [1.29, 1.82) is 5.26 Å². The number of sulfonamides is 1. The highest BCUT2D eigenvalue weighted by Crippen LogP contribution is 2.29. The molecule has 0 saturated carbocycles. The molecule has 1 amide bonds. The summed E-state index contributed by atoms with van der Waals surface area (Å²) < 4.78 is 28.0. The molecule has 11 heteroatoms. The Morgan fingerprint density at radius 3 is 2.61 bits per heavy atom. The minimum absolute atomic E-state index is 0.118. The first kappa shape index (κ1) is 23.4. The third-order valence-electron chi connectivity index (χ3n) is 5.12. The predicted molar refractivity (Wildman–Crippen MR) is 128 cm³/mol. The first-order valence-electron chi connectivity index (χ1n) is 10.3. The fourth-order valence-corrected chi connectivity index (χ4v) is 6.63. The number of rotatable bonds is 7. The lowest BCUT2D eigenvalue weighted by Crippen LogP contribution is -2.35. The lowest BCUT2D eigenvalue weighted by atomic mass is 10.2. The second kappa shape index (κ2) is 10.4. The summed E-state index contributed by atoms with van der Waals surface area (Å²) in [5, 5.41) is 20.0. The normalized spacial score (nSPS) is 14.5. The van der Waals surface area contributed by atoms with Crippen LogP contribution in [0.15, 0.2) is 57.8 Å². The largest absolute Gasteiger partial charge is 0.296 e. The van der Waals surface area contributed by atoms with Gasteiger partial charge in [-0.05, 0) is 48.7 Å². The zero-order chi connectivity index (χ0) is 23.3. The fourth-order valence-electron chi connectivity index (χ4n) is 3.36. The van der Waals surface area contributed by atoms with E-state index < -0.39 is 15.9 Å². The van der Waals surface area contributed by atoms with E-state index in [1.165, 1.54) is 39.5 Å². The summed E-state index contributed by atoms with van der Waals surface area (Å²) >= 11 is 2.72. The molecule has 0 bridgehead atoms. The van der Waals surface area contributed by atoms with E-state index in [-0.39, 0.29) is 10.5 Å². The van der Waals surface area contributed by atoms with Gasteiger partial charge in [0.15, 0.2) is 4.34 Å². The first-order valence-corrected chi connectivity index (χ1v) is 13.6. The Bertz CT molecular complexity index is 1280. The van der Waals surface area contributed by atoms with Gasteiger partial charge < -0.3 is 0 Å². The van der Waals surface area contributed by atoms with Gasteiger partial charge in [0.1, 0.15) is 0 Å². The van der Waals surface area contributed by atoms with Crippen LogP contribution in [-0.2, 0) is 15.8 Å². The number of aromatic nitrogens is 2. The number of piperidine rings is 1. The maximum absolute atomic E-state index is 12.9. The highest BCUT2D eigenvalue weighted by Gasteiger charge is 2.26. The molecule has 2 aromatic carbocycles. The zero-order valence-corrected chi connectivity index (χ0v) is 20.0. The van der Waals surface area contributed by atoms with Crippen LogP contribution in [0.3, 0.4) is 0 Å². The minimum atomic E-state index is -3.62. The number of carbonyl (C=O) groups excluding carboxylic acids is 1. The van der Waals surface area contributed by atoms with Crippen LogP contribution in [0, 0.1) is 11.3 Å². The SMILES string of the molecule is N#Cc1ccc(CSc2nnc(NC(=O)c3cccc(S(=O)(=O)N4CCCCC4)c3)s2)cc1. The summed E-state index contributed by atoms with van der Waals surface area (Å²) in [5.41, 5.74) is 1.90. The van der Waals surface area contributed by atoms with E-state index in [1.807, 2.05) is 12.1 Å². The van der Waals surface area contributed by atoms with Gasteiger partial charge in [-0.25, -0.2) is 8.42 Å².